The van der Waals surface area contributed by atoms with Gasteiger partial charge in [0.05, 0.1) is 11.1 Å². The molecule has 1 heterocycles. The Kier molecular flexibility index (Phi) is 1.75. The molecule has 0 unspecified atom stereocenters. The Bertz CT molecular complexity index is 204. The summed E-state index contributed by atoms with van der Waals surface area (Å²) in [5.41, 5.74) is 0.815. The van der Waals surface area contributed by atoms with Gasteiger partial charge in [-0.1, -0.05) is 6.58 Å². The van der Waals surface area contributed by atoms with Gasteiger partial charge >= 0.3 is 0 Å². The Morgan fingerprint density at radius 3 is 3.00 bits per heavy atom. The van der Waals surface area contributed by atoms with E-state index in [0.717, 1.165) is 10.6 Å². The van der Waals surface area contributed by atoms with Crippen LogP contribution < -0.4 is 0 Å². The predicted molar refractivity (Wildman–Crippen MR) is 41.4 cm³/mol. The lowest BCUT2D eigenvalue weighted by Gasteiger charge is -1.82. The standard InChI is InChI=1S/C6H6N2S/c1-3-6-5(7-2)4-8-9-6/h3-4H,1-2H2. The van der Waals surface area contributed by atoms with E-state index in [9.17, 15) is 0 Å². The average Bonchev–Trinajstić information content (AvgIpc) is 2.33. The molecule has 9 heavy (non-hydrogen) atoms. The van der Waals surface area contributed by atoms with Crippen LogP contribution in [0, 0.1) is 0 Å². The van der Waals surface area contributed by atoms with E-state index < -0.39 is 0 Å². The minimum atomic E-state index is 0.815. The van der Waals surface area contributed by atoms with Crippen LogP contribution >= 0.6 is 11.5 Å². The van der Waals surface area contributed by atoms with Crippen molar-refractivity contribution in [2.45, 2.75) is 0 Å². The number of rotatable bonds is 2. The Balaban J connectivity index is 3.12. The number of hydrogen-bond acceptors (Lipinski definition) is 3. The van der Waals surface area contributed by atoms with Crippen LogP contribution in [0.3, 0.4) is 0 Å². The van der Waals surface area contributed by atoms with Gasteiger partial charge in [-0.05, 0) is 24.3 Å². The molecular formula is C6H6N2S. The highest BCUT2D eigenvalue weighted by Crippen LogP contribution is 2.22. The third-order valence-corrected chi connectivity index (χ3v) is 1.72. The molecule has 0 spiro atoms. The molecule has 0 aromatic carbocycles. The molecule has 1 aromatic rings. The van der Waals surface area contributed by atoms with Crippen molar-refractivity contribution in [3.05, 3.63) is 17.7 Å². The Morgan fingerprint density at radius 2 is 2.56 bits per heavy atom. The number of aromatic nitrogens is 1. The van der Waals surface area contributed by atoms with Crippen molar-refractivity contribution in [2.75, 3.05) is 0 Å². The quantitative estimate of drug-likeness (QED) is 0.574. The van der Waals surface area contributed by atoms with E-state index in [1.54, 1.807) is 12.3 Å². The second kappa shape index (κ2) is 2.55. The normalized spacial score (nSPS) is 8.89. The van der Waals surface area contributed by atoms with Gasteiger partial charge in [0, 0.05) is 0 Å². The van der Waals surface area contributed by atoms with E-state index in [1.165, 1.54) is 11.5 Å². The zero-order chi connectivity index (χ0) is 6.69. The lowest BCUT2D eigenvalue weighted by Crippen LogP contribution is -1.56. The van der Waals surface area contributed by atoms with E-state index >= 15 is 0 Å². The molecule has 0 amide bonds. The highest BCUT2D eigenvalue weighted by atomic mass is 32.1. The van der Waals surface area contributed by atoms with Crippen LogP contribution in [0.4, 0.5) is 5.69 Å². The van der Waals surface area contributed by atoms with Crippen molar-refractivity contribution in [1.82, 2.24) is 4.37 Å². The Morgan fingerprint density at radius 1 is 1.78 bits per heavy atom. The zero-order valence-corrected chi connectivity index (χ0v) is 5.69. The van der Waals surface area contributed by atoms with Crippen LogP contribution in [0.1, 0.15) is 4.88 Å². The maximum atomic E-state index is 3.90. The van der Waals surface area contributed by atoms with E-state index in [1.807, 2.05) is 0 Å². The summed E-state index contributed by atoms with van der Waals surface area (Å²) < 4.78 is 3.90. The fraction of sp³-hybridized carbons (Fsp3) is 0. The molecule has 1 aromatic heterocycles. The first-order valence-electron chi connectivity index (χ1n) is 2.42. The van der Waals surface area contributed by atoms with Crippen LogP contribution in [0.5, 0.6) is 0 Å². The SMILES string of the molecule is C=Cc1sncc1N=C. The molecule has 0 bridgehead atoms. The monoisotopic (exact) mass is 138 g/mol. The molecule has 0 saturated carbocycles. The van der Waals surface area contributed by atoms with Gasteiger partial charge in [-0.15, -0.1) is 0 Å². The van der Waals surface area contributed by atoms with Crippen molar-refractivity contribution in [2.24, 2.45) is 4.99 Å². The number of hydrogen-bond donors (Lipinski definition) is 0. The minimum Gasteiger partial charge on any atom is -0.261 e. The first-order chi connectivity index (χ1) is 4.38. The summed E-state index contributed by atoms with van der Waals surface area (Å²) in [7, 11) is 0. The Labute approximate surface area is 57.7 Å². The zero-order valence-electron chi connectivity index (χ0n) is 4.87. The predicted octanol–water partition coefficient (Wildman–Crippen LogP) is 2.12. The lowest BCUT2D eigenvalue weighted by molar-refractivity contribution is 1.51. The molecule has 1 rings (SSSR count). The summed E-state index contributed by atoms with van der Waals surface area (Å²) in [5, 5.41) is 0. The second-order valence-corrected chi connectivity index (χ2v) is 2.27. The largest absolute Gasteiger partial charge is 0.261 e. The van der Waals surface area contributed by atoms with Crippen LogP contribution in [-0.2, 0) is 0 Å². The molecule has 0 aliphatic carbocycles. The van der Waals surface area contributed by atoms with Gasteiger partial charge in [0.15, 0.2) is 0 Å². The van der Waals surface area contributed by atoms with Crippen LogP contribution in [0.2, 0.25) is 0 Å². The van der Waals surface area contributed by atoms with Crippen molar-refractivity contribution in [1.29, 1.82) is 0 Å². The van der Waals surface area contributed by atoms with Crippen molar-refractivity contribution in [3.8, 4) is 0 Å². The summed E-state index contributed by atoms with van der Waals surface area (Å²) in [4.78, 5) is 4.70. The van der Waals surface area contributed by atoms with E-state index in [0.29, 0.717) is 0 Å². The topological polar surface area (TPSA) is 25.2 Å². The van der Waals surface area contributed by atoms with Gasteiger partial charge in [-0.25, -0.2) is 0 Å². The minimum absolute atomic E-state index is 0.815. The molecule has 0 saturated heterocycles. The van der Waals surface area contributed by atoms with Crippen LogP contribution in [-0.4, -0.2) is 11.1 Å². The maximum absolute atomic E-state index is 3.90. The summed E-state index contributed by atoms with van der Waals surface area (Å²) in [6.07, 6.45) is 3.40. The summed E-state index contributed by atoms with van der Waals surface area (Å²) in [6, 6.07) is 0. The van der Waals surface area contributed by atoms with Gasteiger partial charge in [-0.3, -0.25) is 4.99 Å². The summed E-state index contributed by atoms with van der Waals surface area (Å²) in [6.45, 7) is 6.98. The van der Waals surface area contributed by atoms with E-state index in [-0.39, 0.29) is 0 Å². The summed E-state index contributed by atoms with van der Waals surface area (Å²) in [5.74, 6) is 0. The molecule has 0 radical (unpaired) electrons. The molecule has 0 fully saturated rings. The second-order valence-electron chi connectivity index (χ2n) is 1.44. The van der Waals surface area contributed by atoms with E-state index in [2.05, 4.69) is 22.7 Å². The van der Waals surface area contributed by atoms with Crippen LogP contribution in [0.15, 0.2) is 17.8 Å². The van der Waals surface area contributed by atoms with E-state index in [4.69, 9.17) is 0 Å². The third-order valence-electron chi connectivity index (χ3n) is 0.934. The van der Waals surface area contributed by atoms with Crippen molar-refractivity contribution >= 4 is 30.0 Å². The molecule has 0 atom stereocenters. The molecule has 3 heteroatoms. The van der Waals surface area contributed by atoms with Gasteiger partial charge < -0.3 is 0 Å². The van der Waals surface area contributed by atoms with Gasteiger partial charge in [0.25, 0.3) is 0 Å². The molecule has 46 valence electrons. The Hall–Kier alpha value is -0.960. The maximum Gasteiger partial charge on any atom is 0.100 e. The highest BCUT2D eigenvalue weighted by Gasteiger charge is 1.96. The third kappa shape index (κ3) is 1.05. The number of aliphatic imine (C=N–C) groups is 1. The fourth-order valence-corrected chi connectivity index (χ4v) is 1.06. The molecule has 0 aliphatic heterocycles. The summed E-state index contributed by atoms with van der Waals surface area (Å²) >= 11 is 1.37. The van der Waals surface area contributed by atoms with Gasteiger partial charge in [0.1, 0.15) is 5.69 Å². The van der Waals surface area contributed by atoms with Gasteiger partial charge in [0.2, 0.25) is 0 Å². The fourth-order valence-electron chi connectivity index (χ4n) is 0.504. The number of nitrogens with zero attached hydrogens (tertiary/aromatic N) is 2. The van der Waals surface area contributed by atoms with Crippen molar-refractivity contribution in [3.63, 3.8) is 0 Å². The smallest absolute Gasteiger partial charge is 0.100 e. The van der Waals surface area contributed by atoms with Gasteiger partial charge in [-0.2, -0.15) is 4.37 Å². The van der Waals surface area contributed by atoms with Crippen LogP contribution in [0.25, 0.3) is 6.08 Å². The first kappa shape index (κ1) is 6.16. The molecule has 0 N–H and O–H groups in total. The lowest BCUT2D eigenvalue weighted by atomic mass is 10.4. The molecular weight excluding hydrogens is 132 g/mol. The molecule has 0 aliphatic rings. The highest BCUT2D eigenvalue weighted by molar-refractivity contribution is 7.07. The average molecular weight is 138 g/mol. The molecule has 2 nitrogen and oxygen atoms in total. The van der Waals surface area contributed by atoms with Crippen molar-refractivity contribution < 1.29 is 0 Å². The first-order valence-corrected chi connectivity index (χ1v) is 3.19.